The Balaban J connectivity index is 1.48. The molecule has 0 radical (unpaired) electrons. The molecule has 3 aromatic rings. The molecular formula is C26H28FN3O3S. The van der Waals surface area contributed by atoms with Gasteiger partial charge in [-0.2, -0.15) is 4.31 Å². The second kappa shape index (κ2) is 10.4. The minimum absolute atomic E-state index is 0.109. The van der Waals surface area contributed by atoms with Gasteiger partial charge >= 0.3 is 0 Å². The Morgan fingerprint density at radius 3 is 2.12 bits per heavy atom. The van der Waals surface area contributed by atoms with Crippen molar-refractivity contribution in [2.75, 3.05) is 37.6 Å². The summed E-state index contributed by atoms with van der Waals surface area (Å²) in [5, 5.41) is 0. The van der Waals surface area contributed by atoms with Crippen molar-refractivity contribution in [3.8, 4) is 0 Å². The van der Waals surface area contributed by atoms with Gasteiger partial charge < -0.3 is 9.80 Å². The van der Waals surface area contributed by atoms with Crippen LogP contribution in [0.1, 0.15) is 11.1 Å². The Labute approximate surface area is 200 Å². The van der Waals surface area contributed by atoms with Gasteiger partial charge in [0, 0.05) is 38.4 Å². The van der Waals surface area contributed by atoms with Crippen LogP contribution in [-0.4, -0.2) is 56.3 Å². The number of hydrogen-bond donors (Lipinski definition) is 0. The van der Waals surface area contributed by atoms with Gasteiger partial charge in [0.15, 0.2) is 0 Å². The van der Waals surface area contributed by atoms with Gasteiger partial charge in [-0.1, -0.05) is 48.0 Å². The molecule has 0 atom stereocenters. The first-order valence-corrected chi connectivity index (χ1v) is 12.7. The summed E-state index contributed by atoms with van der Waals surface area (Å²) >= 11 is 0. The molecule has 1 amide bonds. The molecule has 34 heavy (non-hydrogen) atoms. The third kappa shape index (κ3) is 5.63. The molecule has 0 unspecified atom stereocenters. The maximum Gasteiger partial charge on any atom is 0.243 e. The normalized spacial score (nSPS) is 14.4. The van der Waals surface area contributed by atoms with Crippen LogP contribution in [0.4, 0.5) is 10.1 Å². The van der Waals surface area contributed by atoms with Gasteiger partial charge in [0.2, 0.25) is 15.9 Å². The fourth-order valence-electron chi connectivity index (χ4n) is 3.99. The van der Waals surface area contributed by atoms with E-state index in [4.69, 9.17) is 0 Å². The SMILES string of the molecule is Cc1ccc(S(=O)(=O)N(CC(=O)N2CCN(c3ccc(F)cc3)CC2)Cc2ccccc2)cc1. The van der Waals surface area contributed by atoms with Gasteiger partial charge in [0.1, 0.15) is 5.82 Å². The molecule has 1 aliphatic rings. The maximum atomic E-state index is 13.4. The Morgan fingerprint density at radius 2 is 1.50 bits per heavy atom. The highest BCUT2D eigenvalue weighted by Crippen LogP contribution is 2.21. The number of anilines is 1. The van der Waals surface area contributed by atoms with E-state index in [1.165, 1.54) is 16.4 Å². The molecule has 0 N–H and O–H groups in total. The lowest BCUT2D eigenvalue weighted by Crippen LogP contribution is -2.51. The molecule has 4 rings (SSSR count). The third-order valence-corrected chi connectivity index (χ3v) is 7.80. The average Bonchev–Trinajstić information content (AvgIpc) is 2.85. The largest absolute Gasteiger partial charge is 0.368 e. The first-order valence-electron chi connectivity index (χ1n) is 11.2. The second-order valence-electron chi connectivity index (χ2n) is 8.42. The topological polar surface area (TPSA) is 60.9 Å². The molecule has 3 aromatic carbocycles. The monoisotopic (exact) mass is 481 g/mol. The zero-order valence-electron chi connectivity index (χ0n) is 19.1. The summed E-state index contributed by atoms with van der Waals surface area (Å²) in [4.78, 5) is 17.1. The van der Waals surface area contributed by atoms with Crippen molar-refractivity contribution in [3.63, 3.8) is 0 Å². The number of halogens is 1. The Kier molecular flexibility index (Phi) is 7.29. The van der Waals surface area contributed by atoms with E-state index in [1.54, 1.807) is 41.3 Å². The molecule has 8 heteroatoms. The first-order chi connectivity index (χ1) is 16.3. The zero-order chi connectivity index (χ0) is 24.1. The van der Waals surface area contributed by atoms with Crippen LogP contribution in [0.2, 0.25) is 0 Å². The van der Waals surface area contributed by atoms with Gasteiger partial charge in [0.25, 0.3) is 0 Å². The molecule has 1 aliphatic heterocycles. The predicted molar refractivity (Wildman–Crippen MR) is 130 cm³/mol. The van der Waals surface area contributed by atoms with Crippen molar-refractivity contribution in [2.24, 2.45) is 0 Å². The summed E-state index contributed by atoms with van der Waals surface area (Å²) in [5.41, 5.74) is 2.68. The van der Waals surface area contributed by atoms with Gasteiger partial charge in [-0.25, -0.2) is 12.8 Å². The number of carbonyl (C=O) groups is 1. The van der Waals surface area contributed by atoms with E-state index >= 15 is 0 Å². The number of hydrogen-bond acceptors (Lipinski definition) is 4. The fraction of sp³-hybridized carbons (Fsp3) is 0.269. The fourth-order valence-corrected chi connectivity index (χ4v) is 5.37. The number of rotatable bonds is 7. The van der Waals surface area contributed by atoms with Crippen LogP contribution >= 0.6 is 0 Å². The third-order valence-electron chi connectivity index (χ3n) is 6.00. The van der Waals surface area contributed by atoms with Gasteiger partial charge in [-0.05, 0) is 48.9 Å². The Bertz CT molecular complexity index is 1210. The minimum atomic E-state index is -3.87. The van der Waals surface area contributed by atoms with E-state index < -0.39 is 10.0 Å². The van der Waals surface area contributed by atoms with Crippen molar-refractivity contribution in [1.82, 2.24) is 9.21 Å². The van der Waals surface area contributed by atoms with E-state index in [2.05, 4.69) is 4.90 Å². The number of carbonyl (C=O) groups excluding carboxylic acids is 1. The standard InChI is InChI=1S/C26H28FN3O3S/c1-21-7-13-25(14-8-21)34(32,33)30(19-22-5-3-2-4-6-22)20-26(31)29-17-15-28(16-18-29)24-11-9-23(27)10-12-24/h2-14H,15-20H2,1H3. The van der Waals surface area contributed by atoms with Gasteiger partial charge in [-0.3, -0.25) is 4.79 Å². The predicted octanol–water partition coefficient (Wildman–Crippen LogP) is 3.67. The molecule has 1 saturated heterocycles. The molecule has 1 heterocycles. The molecule has 1 fully saturated rings. The number of benzene rings is 3. The molecule has 0 spiro atoms. The number of amides is 1. The Morgan fingerprint density at radius 1 is 0.882 bits per heavy atom. The van der Waals surface area contributed by atoms with Crippen LogP contribution < -0.4 is 4.90 Å². The van der Waals surface area contributed by atoms with Crippen LogP contribution in [0.5, 0.6) is 0 Å². The molecule has 6 nitrogen and oxygen atoms in total. The van der Waals surface area contributed by atoms with Crippen LogP contribution in [-0.2, 0) is 21.4 Å². The highest BCUT2D eigenvalue weighted by Gasteiger charge is 2.30. The molecule has 0 aromatic heterocycles. The first kappa shape index (κ1) is 23.9. The molecule has 0 bridgehead atoms. The Hall–Kier alpha value is -3.23. The molecule has 0 saturated carbocycles. The van der Waals surface area contributed by atoms with Gasteiger partial charge in [-0.15, -0.1) is 0 Å². The average molecular weight is 482 g/mol. The second-order valence-corrected chi connectivity index (χ2v) is 10.4. The number of nitrogens with zero attached hydrogens (tertiary/aromatic N) is 3. The van der Waals surface area contributed by atoms with E-state index in [9.17, 15) is 17.6 Å². The van der Waals surface area contributed by atoms with Crippen molar-refractivity contribution >= 4 is 21.6 Å². The summed E-state index contributed by atoms with van der Waals surface area (Å²) in [7, 11) is -3.87. The molecule has 178 valence electrons. The highest BCUT2D eigenvalue weighted by molar-refractivity contribution is 7.89. The van der Waals surface area contributed by atoms with E-state index in [0.29, 0.717) is 26.2 Å². The van der Waals surface area contributed by atoms with Crippen LogP contribution in [0, 0.1) is 12.7 Å². The van der Waals surface area contributed by atoms with Crippen molar-refractivity contribution in [2.45, 2.75) is 18.4 Å². The maximum absolute atomic E-state index is 13.4. The van der Waals surface area contributed by atoms with Crippen molar-refractivity contribution in [3.05, 3.63) is 95.8 Å². The van der Waals surface area contributed by atoms with E-state index in [1.807, 2.05) is 37.3 Å². The highest BCUT2D eigenvalue weighted by atomic mass is 32.2. The lowest BCUT2D eigenvalue weighted by Gasteiger charge is -2.37. The lowest BCUT2D eigenvalue weighted by molar-refractivity contribution is -0.131. The minimum Gasteiger partial charge on any atom is -0.368 e. The summed E-state index contributed by atoms with van der Waals surface area (Å²) in [5.74, 6) is -0.517. The lowest BCUT2D eigenvalue weighted by atomic mass is 10.2. The number of aryl methyl sites for hydroxylation is 1. The van der Waals surface area contributed by atoms with Crippen LogP contribution in [0.25, 0.3) is 0 Å². The molecule has 0 aliphatic carbocycles. The van der Waals surface area contributed by atoms with Crippen LogP contribution in [0.3, 0.4) is 0 Å². The zero-order valence-corrected chi connectivity index (χ0v) is 19.9. The van der Waals surface area contributed by atoms with Gasteiger partial charge in [0.05, 0.1) is 11.4 Å². The van der Waals surface area contributed by atoms with Crippen LogP contribution in [0.15, 0.2) is 83.8 Å². The summed E-state index contributed by atoms with van der Waals surface area (Å²) in [6, 6.07) is 22.2. The summed E-state index contributed by atoms with van der Waals surface area (Å²) in [6.07, 6.45) is 0. The van der Waals surface area contributed by atoms with E-state index in [-0.39, 0.29) is 29.7 Å². The number of piperazine rings is 1. The summed E-state index contributed by atoms with van der Waals surface area (Å²) in [6.45, 7) is 3.91. The van der Waals surface area contributed by atoms with Crippen molar-refractivity contribution < 1.29 is 17.6 Å². The summed E-state index contributed by atoms with van der Waals surface area (Å²) < 4.78 is 41.4. The van der Waals surface area contributed by atoms with Crippen molar-refractivity contribution in [1.29, 1.82) is 0 Å². The molecular weight excluding hydrogens is 453 g/mol. The van der Waals surface area contributed by atoms with E-state index in [0.717, 1.165) is 16.8 Å². The quantitative estimate of drug-likeness (QED) is 0.517. The number of sulfonamides is 1. The smallest absolute Gasteiger partial charge is 0.243 e.